The number of hydrogen-bond donors (Lipinski definition) is 1. The summed E-state index contributed by atoms with van der Waals surface area (Å²) in [6.07, 6.45) is 1.28. The van der Waals surface area contributed by atoms with E-state index < -0.39 is 0 Å². The smallest absolute Gasteiger partial charge is 0.381 e. The van der Waals surface area contributed by atoms with Crippen LogP contribution in [0.25, 0.3) is 0 Å². The SMILES string of the molecule is C=CCOC(=N)OC[S]. The van der Waals surface area contributed by atoms with Crippen molar-refractivity contribution >= 4 is 18.7 Å². The molecule has 1 N–H and O–H groups in total. The minimum absolute atomic E-state index is 0.0516. The molecule has 9 heavy (non-hydrogen) atoms. The standard InChI is InChI=1S/C5H8NO2S/c1-2-3-7-5(6)8-4-9/h2,6H,1,3-4H2. The predicted octanol–water partition coefficient (Wildman–Crippen LogP) is 1.30. The molecule has 0 fully saturated rings. The van der Waals surface area contributed by atoms with Gasteiger partial charge in [0.25, 0.3) is 0 Å². The molecule has 0 aliphatic carbocycles. The molecule has 0 spiro atoms. The molecule has 51 valence electrons. The highest BCUT2D eigenvalue weighted by Gasteiger charge is 1.91. The lowest BCUT2D eigenvalue weighted by Crippen LogP contribution is -2.06. The van der Waals surface area contributed by atoms with Crippen LogP contribution in [0, 0.1) is 5.41 Å². The van der Waals surface area contributed by atoms with Gasteiger partial charge in [0.15, 0.2) is 0 Å². The number of hydrogen-bond acceptors (Lipinski definition) is 3. The van der Waals surface area contributed by atoms with Crippen LogP contribution in [0.4, 0.5) is 0 Å². The first-order valence-corrected chi connectivity index (χ1v) is 2.92. The van der Waals surface area contributed by atoms with Crippen molar-refractivity contribution in [1.29, 1.82) is 5.41 Å². The van der Waals surface area contributed by atoms with Gasteiger partial charge in [-0.2, -0.15) is 0 Å². The normalized spacial score (nSPS) is 8.11. The van der Waals surface area contributed by atoms with Crippen molar-refractivity contribution in [3.63, 3.8) is 0 Å². The molecule has 0 bridgehead atoms. The Morgan fingerprint density at radius 2 is 2.33 bits per heavy atom. The molecular weight excluding hydrogens is 138 g/mol. The van der Waals surface area contributed by atoms with Crippen LogP contribution >= 0.6 is 12.6 Å². The minimum Gasteiger partial charge on any atom is -0.447 e. The Hall–Kier alpha value is -0.640. The lowest BCUT2D eigenvalue weighted by Gasteiger charge is -2.01. The zero-order valence-corrected chi connectivity index (χ0v) is 5.74. The summed E-state index contributed by atoms with van der Waals surface area (Å²) < 4.78 is 9.08. The van der Waals surface area contributed by atoms with Gasteiger partial charge in [-0.1, -0.05) is 12.7 Å². The maximum Gasteiger partial charge on any atom is 0.381 e. The zero-order chi connectivity index (χ0) is 7.11. The Morgan fingerprint density at radius 3 is 2.78 bits per heavy atom. The second-order valence-electron chi connectivity index (χ2n) is 1.15. The van der Waals surface area contributed by atoms with Crippen LogP contribution in [0.5, 0.6) is 0 Å². The monoisotopic (exact) mass is 146 g/mol. The highest BCUT2D eigenvalue weighted by Crippen LogP contribution is 1.84. The minimum atomic E-state index is -0.245. The van der Waals surface area contributed by atoms with Gasteiger partial charge in [0, 0.05) is 0 Å². The summed E-state index contributed by atoms with van der Waals surface area (Å²) in [6.45, 7) is 3.68. The van der Waals surface area contributed by atoms with Crippen LogP contribution in [-0.2, 0) is 9.47 Å². The van der Waals surface area contributed by atoms with Crippen LogP contribution in [0.3, 0.4) is 0 Å². The maximum absolute atomic E-state index is 6.83. The fourth-order valence-electron chi connectivity index (χ4n) is 0.230. The molecule has 0 aliphatic rings. The molecule has 0 aromatic carbocycles. The Morgan fingerprint density at radius 1 is 1.67 bits per heavy atom. The topological polar surface area (TPSA) is 42.3 Å². The van der Waals surface area contributed by atoms with Gasteiger partial charge in [-0.15, -0.1) is 0 Å². The van der Waals surface area contributed by atoms with E-state index in [4.69, 9.17) is 5.41 Å². The second kappa shape index (κ2) is 5.50. The number of rotatable bonds is 3. The molecule has 0 saturated heterocycles. The molecule has 0 amide bonds. The molecule has 0 atom stereocenters. The highest BCUT2D eigenvalue weighted by molar-refractivity contribution is 7.80. The summed E-state index contributed by atoms with van der Waals surface area (Å²) in [4.78, 5) is 0. The molecular formula is C5H8NO2S. The summed E-state index contributed by atoms with van der Waals surface area (Å²) in [5.74, 6) is 0.0516. The van der Waals surface area contributed by atoms with E-state index >= 15 is 0 Å². The lowest BCUT2D eigenvalue weighted by atomic mass is 10.7. The predicted molar refractivity (Wildman–Crippen MR) is 37.4 cm³/mol. The highest BCUT2D eigenvalue weighted by atomic mass is 32.1. The summed E-state index contributed by atoms with van der Waals surface area (Å²) in [5.41, 5.74) is 0. The van der Waals surface area contributed by atoms with Gasteiger partial charge in [-0.3, -0.25) is 0 Å². The molecule has 3 nitrogen and oxygen atoms in total. The van der Waals surface area contributed by atoms with Crippen LogP contribution in [0.1, 0.15) is 0 Å². The van der Waals surface area contributed by atoms with Crippen LogP contribution in [0.15, 0.2) is 12.7 Å². The first kappa shape index (κ1) is 8.36. The molecule has 0 heterocycles. The van der Waals surface area contributed by atoms with E-state index in [1.165, 1.54) is 6.08 Å². The first-order valence-electron chi connectivity index (χ1n) is 2.34. The number of ether oxygens (including phenoxy) is 2. The van der Waals surface area contributed by atoms with E-state index in [1.807, 2.05) is 0 Å². The van der Waals surface area contributed by atoms with E-state index in [0.717, 1.165) is 0 Å². The van der Waals surface area contributed by atoms with Crippen molar-refractivity contribution in [3.8, 4) is 0 Å². The van der Waals surface area contributed by atoms with Gasteiger partial charge in [-0.05, 0) is 12.6 Å². The average Bonchev–Trinajstić information content (AvgIpc) is 1.85. The van der Waals surface area contributed by atoms with Gasteiger partial charge in [-0.25, -0.2) is 5.41 Å². The summed E-state index contributed by atoms with van der Waals surface area (Å²) in [6, 6.07) is 0. The molecule has 4 heteroatoms. The van der Waals surface area contributed by atoms with Crippen molar-refractivity contribution in [2.24, 2.45) is 0 Å². The van der Waals surface area contributed by atoms with Gasteiger partial charge < -0.3 is 9.47 Å². The van der Waals surface area contributed by atoms with E-state index in [2.05, 4.69) is 28.7 Å². The molecule has 0 rings (SSSR count). The molecule has 0 aliphatic heterocycles. The van der Waals surface area contributed by atoms with Crippen LogP contribution in [0.2, 0.25) is 0 Å². The van der Waals surface area contributed by atoms with Crippen molar-refractivity contribution < 1.29 is 9.47 Å². The Labute approximate surface area is 59.6 Å². The molecule has 1 radical (unpaired) electrons. The van der Waals surface area contributed by atoms with Gasteiger partial charge in [0.2, 0.25) is 0 Å². The summed E-state index contributed by atoms with van der Waals surface area (Å²) >= 11 is 4.41. The fourth-order valence-corrected chi connectivity index (χ4v) is 0.337. The third-order valence-electron chi connectivity index (χ3n) is 0.522. The summed E-state index contributed by atoms with van der Waals surface area (Å²) in [5, 5.41) is 6.83. The maximum atomic E-state index is 6.83. The van der Waals surface area contributed by atoms with Gasteiger partial charge in [0.05, 0.1) is 0 Å². The molecule has 0 unspecified atom stereocenters. The molecule has 0 saturated carbocycles. The van der Waals surface area contributed by atoms with Crippen molar-refractivity contribution in [2.75, 3.05) is 12.5 Å². The third kappa shape index (κ3) is 5.23. The van der Waals surface area contributed by atoms with Crippen molar-refractivity contribution in [1.82, 2.24) is 0 Å². The van der Waals surface area contributed by atoms with Crippen LogP contribution < -0.4 is 0 Å². The van der Waals surface area contributed by atoms with Gasteiger partial charge in [0.1, 0.15) is 12.5 Å². The average molecular weight is 146 g/mol. The van der Waals surface area contributed by atoms with E-state index in [9.17, 15) is 0 Å². The third-order valence-corrected chi connectivity index (χ3v) is 0.640. The van der Waals surface area contributed by atoms with Gasteiger partial charge >= 0.3 is 6.08 Å². The summed E-state index contributed by atoms with van der Waals surface area (Å²) in [7, 11) is 0. The van der Waals surface area contributed by atoms with Crippen LogP contribution in [-0.4, -0.2) is 18.6 Å². The zero-order valence-electron chi connectivity index (χ0n) is 4.92. The number of nitrogens with one attached hydrogen (secondary N) is 1. The Kier molecular flexibility index (Phi) is 5.11. The second-order valence-corrected chi connectivity index (χ2v) is 1.39. The largest absolute Gasteiger partial charge is 0.447 e. The van der Waals surface area contributed by atoms with Crippen molar-refractivity contribution in [2.45, 2.75) is 0 Å². The van der Waals surface area contributed by atoms with E-state index in [-0.39, 0.29) is 18.6 Å². The quantitative estimate of drug-likeness (QED) is 0.370. The Balaban J connectivity index is 3.16. The van der Waals surface area contributed by atoms with Crippen molar-refractivity contribution in [3.05, 3.63) is 12.7 Å². The fraction of sp³-hybridized carbons (Fsp3) is 0.400. The van der Waals surface area contributed by atoms with E-state index in [0.29, 0.717) is 0 Å². The molecule has 0 aromatic heterocycles. The van der Waals surface area contributed by atoms with E-state index in [1.54, 1.807) is 0 Å². The Bertz CT molecular complexity index is 105. The molecule has 0 aromatic rings. The first-order chi connectivity index (χ1) is 4.31. The lowest BCUT2D eigenvalue weighted by molar-refractivity contribution is 0.207.